The van der Waals surface area contributed by atoms with Gasteiger partial charge in [0.25, 0.3) is 0 Å². The molecule has 1 nitrogen and oxygen atoms in total. The van der Waals surface area contributed by atoms with Crippen LogP contribution < -0.4 is 5.32 Å². The second-order valence-corrected chi connectivity index (χ2v) is 5.48. The lowest BCUT2D eigenvalue weighted by Crippen LogP contribution is -2.33. The summed E-state index contributed by atoms with van der Waals surface area (Å²) in [5, 5.41) is 4.62. The lowest BCUT2D eigenvalue weighted by atomic mass is 9.77. The molecule has 2 heteroatoms. The van der Waals surface area contributed by atoms with E-state index in [1.165, 1.54) is 36.8 Å². The van der Waals surface area contributed by atoms with Gasteiger partial charge in [-0.25, -0.2) is 0 Å². The Morgan fingerprint density at radius 3 is 2.76 bits per heavy atom. The van der Waals surface area contributed by atoms with Gasteiger partial charge in [-0.15, -0.1) is 0 Å². The molecule has 94 valence electrons. The van der Waals surface area contributed by atoms with Crippen LogP contribution in [0.15, 0.2) is 18.2 Å². The van der Waals surface area contributed by atoms with Gasteiger partial charge >= 0.3 is 0 Å². The molecule has 1 aliphatic rings. The Labute approximate surface area is 110 Å². The molecule has 1 fully saturated rings. The molecule has 1 unspecified atom stereocenters. The first-order valence-electron chi connectivity index (χ1n) is 6.72. The molecule has 0 saturated heterocycles. The molecule has 0 aliphatic heterocycles. The van der Waals surface area contributed by atoms with Gasteiger partial charge in [0.2, 0.25) is 0 Å². The average molecular weight is 252 g/mol. The lowest BCUT2D eigenvalue weighted by Gasteiger charge is -2.35. The second-order valence-electron chi connectivity index (χ2n) is 5.10. The van der Waals surface area contributed by atoms with Gasteiger partial charge in [0.1, 0.15) is 0 Å². The van der Waals surface area contributed by atoms with E-state index in [1.807, 2.05) is 0 Å². The van der Waals surface area contributed by atoms with Crippen LogP contribution in [0.2, 0.25) is 5.02 Å². The summed E-state index contributed by atoms with van der Waals surface area (Å²) in [7, 11) is 0. The van der Waals surface area contributed by atoms with Crippen LogP contribution in [0.1, 0.15) is 49.8 Å². The third kappa shape index (κ3) is 2.83. The van der Waals surface area contributed by atoms with Gasteiger partial charge in [-0.2, -0.15) is 0 Å². The summed E-state index contributed by atoms with van der Waals surface area (Å²) >= 11 is 6.45. The fourth-order valence-electron chi connectivity index (χ4n) is 2.51. The van der Waals surface area contributed by atoms with E-state index >= 15 is 0 Å². The zero-order valence-electron chi connectivity index (χ0n) is 10.8. The maximum absolute atomic E-state index is 6.45. The number of hydrogen-bond donors (Lipinski definition) is 1. The van der Waals surface area contributed by atoms with Crippen molar-refractivity contribution in [3.63, 3.8) is 0 Å². The van der Waals surface area contributed by atoms with Crippen molar-refractivity contribution < 1.29 is 0 Å². The van der Waals surface area contributed by atoms with Crippen molar-refractivity contribution in [2.45, 2.75) is 45.6 Å². The molecule has 1 atom stereocenters. The highest BCUT2D eigenvalue weighted by molar-refractivity contribution is 6.32. The molecule has 1 N–H and O–H groups in total. The minimum absolute atomic E-state index is 0.455. The van der Waals surface area contributed by atoms with Crippen molar-refractivity contribution in [1.29, 1.82) is 0 Å². The molecule has 1 aromatic rings. The first-order chi connectivity index (χ1) is 8.24. The summed E-state index contributed by atoms with van der Waals surface area (Å²) in [5.41, 5.74) is 2.48. The van der Waals surface area contributed by atoms with Gasteiger partial charge in [0.05, 0.1) is 0 Å². The van der Waals surface area contributed by atoms with Gasteiger partial charge in [-0.05, 0) is 49.8 Å². The number of nitrogens with one attached hydrogen (secondary N) is 1. The molecule has 1 aromatic carbocycles. The molecular formula is C15H22ClN. The minimum Gasteiger partial charge on any atom is -0.310 e. The Bertz CT molecular complexity index is 371. The molecule has 2 rings (SSSR count). The van der Waals surface area contributed by atoms with E-state index in [4.69, 9.17) is 11.6 Å². The van der Waals surface area contributed by atoms with Gasteiger partial charge in [-0.3, -0.25) is 0 Å². The SMILES string of the molecule is CCCNC(c1cccc(C)c1Cl)C1CCC1. The smallest absolute Gasteiger partial charge is 0.0483 e. The third-order valence-electron chi connectivity index (χ3n) is 3.79. The largest absolute Gasteiger partial charge is 0.310 e. The molecule has 0 heterocycles. The summed E-state index contributed by atoms with van der Waals surface area (Å²) in [6, 6.07) is 6.84. The zero-order valence-corrected chi connectivity index (χ0v) is 11.6. The molecule has 0 bridgehead atoms. The Balaban J connectivity index is 2.21. The molecule has 0 radical (unpaired) electrons. The van der Waals surface area contributed by atoms with Crippen LogP contribution in [0.5, 0.6) is 0 Å². The normalized spacial score (nSPS) is 17.8. The molecule has 0 amide bonds. The number of hydrogen-bond acceptors (Lipinski definition) is 1. The molecule has 1 saturated carbocycles. The Kier molecular flexibility index (Phi) is 4.47. The van der Waals surface area contributed by atoms with Crippen molar-refractivity contribution in [1.82, 2.24) is 5.32 Å². The number of rotatable bonds is 5. The van der Waals surface area contributed by atoms with Gasteiger partial charge in [0.15, 0.2) is 0 Å². The van der Waals surface area contributed by atoms with E-state index in [-0.39, 0.29) is 0 Å². The lowest BCUT2D eigenvalue weighted by molar-refractivity contribution is 0.231. The third-order valence-corrected chi connectivity index (χ3v) is 4.31. The minimum atomic E-state index is 0.455. The Morgan fingerprint density at radius 1 is 1.41 bits per heavy atom. The van der Waals surface area contributed by atoms with Crippen LogP contribution in [0.3, 0.4) is 0 Å². The average Bonchev–Trinajstić information content (AvgIpc) is 2.26. The highest BCUT2D eigenvalue weighted by Gasteiger charge is 2.29. The molecule has 1 aliphatic carbocycles. The summed E-state index contributed by atoms with van der Waals surface area (Å²) in [6.07, 6.45) is 5.22. The predicted octanol–water partition coefficient (Wildman–Crippen LogP) is 4.49. The van der Waals surface area contributed by atoms with Gasteiger partial charge < -0.3 is 5.32 Å². The van der Waals surface area contributed by atoms with E-state index in [0.717, 1.165) is 17.5 Å². The second kappa shape index (κ2) is 5.88. The maximum atomic E-state index is 6.45. The van der Waals surface area contributed by atoms with Crippen LogP contribution in [0, 0.1) is 12.8 Å². The monoisotopic (exact) mass is 251 g/mol. The van der Waals surface area contributed by atoms with E-state index in [2.05, 4.69) is 37.4 Å². The van der Waals surface area contributed by atoms with Gasteiger partial charge in [-0.1, -0.05) is 43.1 Å². The summed E-state index contributed by atoms with van der Waals surface area (Å²) < 4.78 is 0. The first kappa shape index (κ1) is 12.9. The quantitative estimate of drug-likeness (QED) is 0.813. The van der Waals surface area contributed by atoms with Crippen LogP contribution in [0.25, 0.3) is 0 Å². The van der Waals surface area contributed by atoms with Crippen LogP contribution in [-0.4, -0.2) is 6.54 Å². The van der Waals surface area contributed by atoms with Crippen molar-refractivity contribution in [2.24, 2.45) is 5.92 Å². The fraction of sp³-hybridized carbons (Fsp3) is 0.600. The van der Waals surface area contributed by atoms with Crippen molar-refractivity contribution in [3.05, 3.63) is 34.3 Å². The summed E-state index contributed by atoms with van der Waals surface area (Å²) in [4.78, 5) is 0. The predicted molar refractivity (Wildman–Crippen MR) is 74.6 cm³/mol. The summed E-state index contributed by atoms with van der Waals surface area (Å²) in [5.74, 6) is 0.779. The van der Waals surface area contributed by atoms with Crippen LogP contribution >= 0.6 is 11.6 Å². The topological polar surface area (TPSA) is 12.0 Å². The summed E-state index contributed by atoms with van der Waals surface area (Å²) in [6.45, 7) is 5.37. The number of halogens is 1. The molecule has 17 heavy (non-hydrogen) atoms. The van der Waals surface area contributed by atoms with Crippen molar-refractivity contribution >= 4 is 11.6 Å². The standard InChI is InChI=1S/C15H22ClN/c1-3-10-17-15(12-7-5-8-12)13-9-4-6-11(2)14(13)16/h4,6,9,12,15,17H,3,5,7-8,10H2,1-2H3. The van der Waals surface area contributed by atoms with E-state index in [1.54, 1.807) is 0 Å². The highest BCUT2D eigenvalue weighted by Crippen LogP contribution is 2.40. The first-order valence-corrected chi connectivity index (χ1v) is 7.10. The fourth-order valence-corrected chi connectivity index (χ4v) is 2.76. The van der Waals surface area contributed by atoms with Crippen LogP contribution in [0.4, 0.5) is 0 Å². The number of aryl methyl sites for hydroxylation is 1. The molecular weight excluding hydrogens is 230 g/mol. The molecule has 0 spiro atoms. The number of benzene rings is 1. The van der Waals surface area contributed by atoms with Crippen molar-refractivity contribution in [3.8, 4) is 0 Å². The van der Waals surface area contributed by atoms with E-state index < -0.39 is 0 Å². The van der Waals surface area contributed by atoms with E-state index in [9.17, 15) is 0 Å². The van der Waals surface area contributed by atoms with E-state index in [0.29, 0.717) is 6.04 Å². The maximum Gasteiger partial charge on any atom is 0.0483 e. The van der Waals surface area contributed by atoms with Crippen LogP contribution in [-0.2, 0) is 0 Å². The van der Waals surface area contributed by atoms with Crippen molar-refractivity contribution in [2.75, 3.05) is 6.54 Å². The van der Waals surface area contributed by atoms with Gasteiger partial charge in [0, 0.05) is 11.1 Å². The Morgan fingerprint density at radius 2 is 2.18 bits per heavy atom. The highest BCUT2D eigenvalue weighted by atomic mass is 35.5. The zero-order chi connectivity index (χ0) is 12.3. The Hall–Kier alpha value is -0.530. The molecule has 0 aromatic heterocycles.